The van der Waals surface area contributed by atoms with Gasteiger partial charge in [0.2, 0.25) is 0 Å². The van der Waals surface area contributed by atoms with Crippen molar-refractivity contribution in [3.05, 3.63) is 23.8 Å². The lowest BCUT2D eigenvalue weighted by Gasteiger charge is -2.28. The van der Waals surface area contributed by atoms with E-state index in [9.17, 15) is 0 Å². The van der Waals surface area contributed by atoms with Crippen molar-refractivity contribution in [1.29, 1.82) is 0 Å². The van der Waals surface area contributed by atoms with Crippen LogP contribution in [0.4, 0.5) is 5.69 Å². The van der Waals surface area contributed by atoms with Crippen molar-refractivity contribution in [3.63, 3.8) is 0 Å². The lowest BCUT2D eigenvalue weighted by atomic mass is 10.0. The number of nitrogens with two attached hydrogens (primary N) is 1. The molecule has 0 radical (unpaired) electrons. The van der Waals surface area contributed by atoms with Crippen LogP contribution in [-0.2, 0) is 6.42 Å². The van der Waals surface area contributed by atoms with Crippen molar-refractivity contribution in [1.82, 2.24) is 4.90 Å². The first-order valence-electron chi connectivity index (χ1n) is 7.28. The minimum Gasteiger partial charge on any atom is -0.495 e. The molecule has 0 aliphatic rings. The molecule has 1 rings (SSSR count). The zero-order valence-corrected chi connectivity index (χ0v) is 12.8. The Kier molecular flexibility index (Phi) is 6.71. The van der Waals surface area contributed by atoms with E-state index in [0.717, 1.165) is 17.9 Å². The van der Waals surface area contributed by atoms with Gasteiger partial charge in [-0.1, -0.05) is 19.9 Å². The number of hydrogen-bond acceptors (Lipinski definition) is 3. The van der Waals surface area contributed by atoms with E-state index in [4.69, 9.17) is 10.5 Å². The highest BCUT2D eigenvalue weighted by atomic mass is 16.5. The minimum atomic E-state index is 0.549. The molecule has 0 fully saturated rings. The standard InChI is InChI=1S/C16H28N2O/c1-5-9-18(10-6-2)13(3)11-14-7-8-16(19-4)15(17)12-14/h7-8,12-13H,5-6,9-11,17H2,1-4H3. The van der Waals surface area contributed by atoms with E-state index in [-0.39, 0.29) is 0 Å². The third-order valence-corrected chi connectivity index (χ3v) is 3.47. The molecule has 0 bridgehead atoms. The van der Waals surface area contributed by atoms with Crippen LogP contribution in [0.15, 0.2) is 18.2 Å². The highest BCUT2D eigenvalue weighted by Crippen LogP contribution is 2.23. The summed E-state index contributed by atoms with van der Waals surface area (Å²) in [5.74, 6) is 0.760. The van der Waals surface area contributed by atoms with E-state index >= 15 is 0 Å². The number of nitrogens with zero attached hydrogens (tertiary/aromatic N) is 1. The molecule has 0 aromatic heterocycles. The van der Waals surface area contributed by atoms with Crippen molar-refractivity contribution >= 4 is 5.69 Å². The van der Waals surface area contributed by atoms with E-state index in [0.29, 0.717) is 6.04 Å². The molecule has 108 valence electrons. The van der Waals surface area contributed by atoms with Gasteiger partial charge >= 0.3 is 0 Å². The van der Waals surface area contributed by atoms with E-state index in [1.165, 1.54) is 31.5 Å². The molecule has 0 spiro atoms. The summed E-state index contributed by atoms with van der Waals surface area (Å²) in [6, 6.07) is 6.65. The number of rotatable bonds is 8. The monoisotopic (exact) mass is 264 g/mol. The predicted octanol–water partition coefficient (Wildman–Crippen LogP) is 3.33. The highest BCUT2D eigenvalue weighted by molar-refractivity contribution is 5.54. The summed E-state index contributed by atoms with van der Waals surface area (Å²) in [5.41, 5.74) is 7.97. The topological polar surface area (TPSA) is 38.5 Å². The largest absolute Gasteiger partial charge is 0.495 e. The second kappa shape index (κ2) is 8.05. The van der Waals surface area contributed by atoms with Gasteiger partial charge in [-0.25, -0.2) is 0 Å². The summed E-state index contributed by atoms with van der Waals surface area (Å²) < 4.78 is 5.19. The third kappa shape index (κ3) is 4.75. The fraction of sp³-hybridized carbons (Fsp3) is 0.625. The van der Waals surface area contributed by atoms with Crippen molar-refractivity contribution in [2.45, 2.75) is 46.1 Å². The average molecular weight is 264 g/mol. The SMILES string of the molecule is CCCN(CCC)C(C)Cc1ccc(OC)c(N)c1. The summed E-state index contributed by atoms with van der Waals surface area (Å²) in [7, 11) is 1.65. The van der Waals surface area contributed by atoms with Gasteiger partial charge in [0, 0.05) is 6.04 Å². The molecular formula is C16H28N2O. The number of nitrogen functional groups attached to an aromatic ring is 1. The molecule has 19 heavy (non-hydrogen) atoms. The molecule has 1 aromatic carbocycles. The fourth-order valence-electron chi connectivity index (χ4n) is 2.51. The molecule has 1 unspecified atom stereocenters. The van der Waals surface area contributed by atoms with Gasteiger partial charge in [0.1, 0.15) is 5.75 Å². The van der Waals surface area contributed by atoms with Gasteiger partial charge in [-0.2, -0.15) is 0 Å². The van der Waals surface area contributed by atoms with Crippen LogP contribution in [0.2, 0.25) is 0 Å². The van der Waals surface area contributed by atoms with Gasteiger partial charge in [-0.15, -0.1) is 0 Å². The van der Waals surface area contributed by atoms with Gasteiger partial charge < -0.3 is 15.4 Å². The first kappa shape index (κ1) is 15.8. The third-order valence-electron chi connectivity index (χ3n) is 3.47. The quantitative estimate of drug-likeness (QED) is 0.732. The Morgan fingerprint density at radius 1 is 1.21 bits per heavy atom. The second-order valence-corrected chi connectivity index (χ2v) is 5.17. The Bertz CT molecular complexity index is 373. The molecule has 0 aliphatic carbocycles. The molecule has 0 heterocycles. The average Bonchev–Trinajstić information content (AvgIpc) is 2.38. The van der Waals surface area contributed by atoms with Crippen LogP contribution < -0.4 is 10.5 Å². The van der Waals surface area contributed by atoms with Crippen LogP contribution in [0.3, 0.4) is 0 Å². The summed E-state index contributed by atoms with van der Waals surface area (Å²) in [6.45, 7) is 9.11. The maximum absolute atomic E-state index is 5.96. The molecule has 0 saturated carbocycles. The van der Waals surface area contributed by atoms with Crippen molar-refractivity contribution in [2.75, 3.05) is 25.9 Å². The lowest BCUT2D eigenvalue weighted by molar-refractivity contribution is 0.208. The number of anilines is 1. The van der Waals surface area contributed by atoms with Crippen LogP contribution in [0.5, 0.6) is 5.75 Å². The Hall–Kier alpha value is -1.22. The van der Waals surface area contributed by atoms with Crippen LogP contribution in [0.1, 0.15) is 39.2 Å². The maximum Gasteiger partial charge on any atom is 0.141 e. The highest BCUT2D eigenvalue weighted by Gasteiger charge is 2.13. The molecule has 3 heteroatoms. The Labute approximate surface area is 117 Å². The van der Waals surface area contributed by atoms with Gasteiger partial charge in [0.05, 0.1) is 12.8 Å². The number of benzene rings is 1. The number of methoxy groups -OCH3 is 1. The van der Waals surface area contributed by atoms with Gasteiger partial charge in [0.15, 0.2) is 0 Å². The molecular weight excluding hydrogens is 236 g/mol. The Morgan fingerprint density at radius 3 is 2.32 bits per heavy atom. The smallest absolute Gasteiger partial charge is 0.141 e. The normalized spacial score (nSPS) is 12.7. The molecule has 1 aromatic rings. The summed E-state index contributed by atoms with van der Waals surface area (Å²) in [5, 5.41) is 0. The lowest BCUT2D eigenvalue weighted by Crippen LogP contribution is -2.35. The van der Waals surface area contributed by atoms with Crippen molar-refractivity contribution in [3.8, 4) is 5.75 Å². The summed E-state index contributed by atoms with van der Waals surface area (Å²) in [6.07, 6.45) is 3.44. The first-order valence-corrected chi connectivity index (χ1v) is 7.28. The molecule has 1 atom stereocenters. The molecule has 0 aliphatic heterocycles. The van der Waals surface area contributed by atoms with Crippen LogP contribution in [-0.4, -0.2) is 31.1 Å². The van der Waals surface area contributed by atoms with Gasteiger partial charge in [-0.05, 0) is 57.0 Å². The zero-order valence-electron chi connectivity index (χ0n) is 12.8. The Balaban J connectivity index is 2.68. The zero-order chi connectivity index (χ0) is 14.3. The molecule has 3 nitrogen and oxygen atoms in total. The van der Waals surface area contributed by atoms with Crippen LogP contribution in [0, 0.1) is 0 Å². The summed E-state index contributed by atoms with van der Waals surface area (Å²) >= 11 is 0. The number of hydrogen-bond donors (Lipinski definition) is 1. The van der Waals surface area contributed by atoms with Crippen LogP contribution in [0.25, 0.3) is 0 Å². The molecule has 2 N–H and O–H groups in total. The summed E-state index contributed by atoms with van der Waals surface area (Å²) in [4.78, 5) is 2.56. The molecule has 0 amide bonds. The van der Waals surface area contributed by atoms with E-state index in [1.54, 1.807) is 7.11 Å². The van der Waals surface area contributed by atoms with E-state index in [1.807, 2.05) is 12.1 Å². The van der Waals surface area contributed by atoms with Crippen molar-refractivity contribution in [2.24, 2.45) is 0 Å². The predicted molar refractivity (Wildman–Crippen MR) is 82.7 cm³/mol. The van der Waals surface area contributed by atoms with E-state index in [2.05, 4.69) is 31.7 Å². The van der Waals surface area contributed by atoms with Gasteiger partial charge in [-0.3, -0.25) is 0 Å². The van der Waals surface area contributed by atoms with Gasteiger partial charge in [0.25, 0.3) is 0 Å². The van der Waals surface area contributed by atoms with Crippen molar-refractivity contribution < 1.29 is 4.74 Å². The Morgan fingerprint density at radius 2 is 1.84 bits per heavy atom. The first-order chi connectivity index (χ1) is 9.12. The minimum absolute atomic E-state index is 0.549. The van der Waals surface area contributed by atoms with E-state index < -0.39 is 0 Å². The van der Waals surface area contributed by atoms with Crippen LogP contribution >= 0.6 is 0 Å². The maximum atomic E-state index is 5.96. The second-order valence-electron chi connectivity index (χ2n) is 5.17. The fourth-order valence-corrected chi connectivity index (χ4v) is 2.51. The number of ether oxygens (including phenoxy) is 1. The molecule has 0 saturated heterocycles.